The summed E-state index contributed by atoms with van der Waals surface area (Å²) in [6.07, 6.45) is 1.66. The molecule has 3 amide bonds. The molecule has 1 N–H and O–H groups in total. The number of methoxy groups -OCH3 is 1. The van der Waals surface area contributed by atoms with Gasteiger partial charge in [0.05, 0.1) is 12.0 Å². The molecule has 7 nitrogen and oxygen atoms in total. The number of furan rings is 1. The summed E-state index contributed by atoms with van der Waals surface area (Å²) in [7, 11) is 1.57. The lowest BCUT2D eigenvalue weighted by atomic mass is 10.2. The van der Waals surface area contributed by atoms with Crippen LogP contribution in [0, 0.1) is 0 Å². The molecule has 140 valence electrons. The van der Waals surface area contributed by atoms with E-state index in [1.807, 2.05) is 0 Å². The van der Waals surface area contributed by atoms with Gasteiger partial charge in [0.1, 0.15) is 5.75 Å². The number of ether oxygens (including phenoxy) is 1. The van der Waals surface area contributed by atoms with Crippen molar-refractivity contribution < 1.29 is 23.5 Å². The average molecular weight is 451 g/mol. The van der Waals surface area contributed by atoms with Crippen LogP contribution in [0.3, 0.4) is 0 Å². The second kappa shape index (κ2) is 8.45. The Labute approximate surface area is 167 Å². The molecule has 1 aliphatic rings. The van der Waals surface area contributed by atoms with Crippen molar-refractivity contribution >= 4 is 50.8 Å². The molecule has 0 bridgehead atoms. The Morgan fingerprint density at radius 3 is 2.63 bits per heavy atom. The van der Waals surface area contributed by atoms with E-state index in [1.54, 1.807) is 43.5 Å². The van der Waals surface area contributed by atoms with Gasteiger partial charge in [-0.3, -0.25) is 19.3 Å². The maximum atomic E-state index is 12.4. The van der Waals surface area contributed by atoms with Gasteiger partial charge in [0, 0.05) is 13.1 Å². The number of hydrogen-bond acceptors (Lipinski definition) is 6. The van der Waals surface area contributed by atoms with Crippen molar-refractivity contribution in [2.75, 3.05) is 20.2 Å². The molecule has 0 unspecified atom stereocenters. The first-order valence-corrected chi connectivity index (χ1v) is 9.52. The van der Waals surface area contributed by atoms with Crippen LogP contribution < -0.4 is 10.1 Å². The van der Waals surface area contributed by atoms with Crippen LogP contribution in [-0.4, -0.2) is 42.2 Å². The van der Waals surface area contributed by atoms with Crippen molar-refractivity contribution in [2.24, 2.45) is 0 Å². The number of imide groups is 1. The zero-order valence-electron chi connectivity index (χ0n) is 14.2. The van der Waals surface area contributed by atoms with Gasteiger partial charge in [0.15, 0.2) is 10.4 Å². The summed E-state index contributed by atoms with van der Waals surface area (Å²) >= 11 is 3.99. The maximum Gasteiger partial charge on any atom is 0.293 e. The molecule has 0 spiro atoms. The highest BCUT2D eigenvalue weighted by molar-refractivity contribution is 9.10. The minimum Gasteiger partial charge on any atom is -0.497 e. The topological polar surface area (TPSA) is 88.8 Å². The summed E-state index contributed by atoms with van der Waals surface area (Å²) in [5.74, 6) is 0.0623. The van der Waals surface area contributed by atoms with Gasteiger partial charge in [0.25, 0.3) is 17.1 Å². The fourth-order valence-electron chi connectivity index (χ4n) is 2.35. The van der Waals surface area contributed by atoms with Crippen molar-refractivity contribution in [3.05, 3.63) is 57.3 Å². The highest BCUT2D eigenvalue weighted by Crippen LogP contribution is 2.32. The average Bonchev–Trinajstić information content (AvgIpc) is 3.21. The second-order valence-corrected chi connectivity index (χ2v) is 7.24. The fourth-order valence-corrected chi connectivity index (χ4v) is 3.52. The van der Waals surface area contributed by atoms with Crippen LogP contribution in [0.5, 0.6) is 5.75 Å². The largest absolute Gasteiger partial charge is 0.497 e. The minimum atomic E-state index is -0.415. The molecule has 0 radical (unpaired) electrons. The fraction of sp³-hybridized carbons (Fsp3) is 0.167. The molecule has 1 aliphatic heterocycles. The van der Waals surface area contributed by atoms with Gasteiger partial charge in [-0.15, -0.1) is 0 Å². The second-order valence-electron chi connectivity index (χ2n) is 5.47. The van der Waals surface area contributed by atoms with E-state index in [-0.39, 0.29) is 30.0 Å². The molecule has 0 atom stereocenters. The highest BCUT2D eigenvalue weighted by atomic mass is 79.9. The first kappa shape index (κ1) is 19.2. The van der Waals surface area contributed by atoms with Crippen molar-refractivity contribution in [1.82, 2.24) is 10.2 Å². The number of carbonyl (C=O) groups excluding carboxylic acids is 3. The van der Waals surface area contributed by atoms with E-state index >= 15 is 0 Å². The van der Waals surface area contributed by atoms with Crippen LogP contribution in [0.15, 0.2) is 50.4 Å². The summed E-state index contributed by atoms with van der Waals surface area (Å²) in [5.41, 5.74) is 0.790. The molecule has 1 aromatic carbocycles. The number of thioether (sulfide) groups is 1. The summed E-state index contributed by atoms with van der Waals surface area (Å²) in [6.45, 7) is 0.212. The van der Waals surface area contributed by atoms with Gasteiger partial charge in [-0.1, -0.05) is 12.1 Å². The Balaban J connectivity index is 1.58. The Bertz CT molecular complexity index is 907. The molecule has 2 aromatic rings. The van der Waals surface area contributed by atoms with Crippen molar-refractivity contribution in [2.45, 2.75) is 0 Å². The predicted octanol–water partition coefficient (Wildman–Crippen LogP) is 3.52. The van der Waals surface area contributed by atoms with Crippen LogP contribution in [0.4, 0.5) is 4.79 Å². The predicted molar refractivity (Wildman–Crippen MR) is 104 cm³/mol. The maximum absolute atomic E-state index is 12.4. The molecule has 2 heterocycles. The number of carbonyl (C=O) groups is 3. The van der Waals surface area contributed by atoms with E-state index in [0.717, 1.165) is 22.2 Å². The molecule has 0 saturated carbocycles. The zero-order chi connectivity index (χ0) is 19.4. The van der Waals surface area contributed by atoms with Gasteiger partial charge in [0.2, 0.25) is 0 Å². The number of nitrogens with zero attached hydrogens (tertiary/aromatic N) is 1. The van der Waals surface area contributed by atoms with Crippen LogP contribution in [-0.2, 0) is 4.79 Å². The number of nitrogens with one attached hydrogen (secondary N) is 1. The lowest BCUT2D eigenvalue weighted by Gasteiger charge is -2.12. The number of halogens is 1. The van der Waals surface area contributed by atoms with Crippen LogP contribution >= 0.6 is 27.7 Å². The van der Waals surface area contributed by atoms with Gasteiger partial charge in [-0.25, -0.2) is 0 Å². The number of benzene rings is 1. The van der Waals surface area contributed by atoms with E-state index in [1.165, 1.54) is 6.07 Å². The first-order valence-electron chi connectivity index (χ1n) is 7.91. The van der Waals surface area contributed by atoms with Crippen LogP contribution in [0.2, 0.25) is 0 Å². The Kier molecular flexibility index (Phi) is 6.02. The molecule has 1 aromatic heterocycles. The van der Waals surface area contributed by atoms with Crippen molar-refractivity contribution in [3.63, 3.8) is 0 Å². The molecule has 3 rings (SSSR count). The van der Waals surface area contributed by atoms with Crippen molar-refractivity contribution in [3.8, 4) is 5.75 Å². The van der Waals surface area contributed by atoms with E-state index < -0.39 is 5.91 Å². The van der Waals surface area contributed by atoms with Crippen LogP contribution in [0.1, 0.15) is 16.1 Å². The molecule has 0 aliphatic carbocycles. The summed E-state index contributed by atoms with van der Waals surface area (Å²) in [6, 6.07) is 10.3. The number of hydrogen-bond donors (Lipinski definition) is 1. The highest BCUT2D eigenvalue weighted by Gasteiger charge is 2.34. The molecular weight excluding hydrogens is 436 g/mol. The minimum absolute atomic E-state index is 0.0816. The molecular formula is C18H15BrN2O5S. The molecule has 1 fully saturated rings. The third-order valence-corrected chi connectivity index (χ3v) is 5.04. The Morgan fingerprint density at radius 1 is 1.26 bits per heavy atom. The summed E-state index contributed by atoms with van der Waals surface area (Å²) in [4.78, 5) is 37.9. The number of rotatable bonds is 6. The van der Waals surface area contributed by atoms with Crippen LogP contribution in [0.25, 0.3) is 6.08 Å². The van der Waals surface area contributed by atoms with E-state index in [2.05, 4.69) is 21.2 Å². The Morgan fingerprint density at radius 2 is 2.00 bits per heavy atom. The molecule has 1 saturated heterocycles. The first-order chi connectivity index (χ1) is 13.0. The lowest BCUT2D eigenvalue weighted by Crippen LogP contribution is -2.37. The zero-order valence-corrected chi connectivity index (χ0v) is 16.6. The van der Waals surface area contributed by atoms with Gasteiger partial charge < -0.3 is 14.5 Å². The normalized spacial score (nSPS) is 15.5. The van der Waals surface area contributed by atoms with Gasteiger partial charge >= 0.3 is 0 Å². The Hall–Kier alpha value is -2.52. The third-order valence-electron chi connectivity index (χ3n) is 3.71. The standard InChI is InChI=1S/C18H15BrN2O5S/c1-25-12-4-2-11(3-5-12)10-14-17(23)21(18(24)27-14)9-8-20-16(22)13-6-7-15(19)26-13/h2-7,10H,8-9H2,1H3,(H,20,22)/b14-10-. The SMILES string of the molecule is COc1ccc(/C=C2\SC(=O)N(CCNC(=O)c3ccc(Br)o3)C2=O)cc1. The third kappa shape index (κ3) is 4.61. The van der Waals surface area contributed by atoms with Gasteiger partial charge in [-0.05, 0) is 63.6 Å². The summed E-state index contributed by atoms with van der Waals surface area (Å²) < 4.78 is 10.7. The molecule has 27 heavy (non-hydrogen) atoms. The van der Waals surface area contributed by atoms with Gasteiger partial charge in [-0.2, -0.15) is 0 Å². The summed E-state index contributed by atoms with van der Waals surface area (Å²) in [5, 5.41) is 2.25. The van der Waals surface area contributed by atoms with E-state index in [0.29, 0.717) is 15.3 Å². The van der Waals surface area contributed by atoms with E-state index in [9.17, 15) is 14.4 Å². The lowest BCUT2D eigenvalue weighted by molar-refractivity contribution is -0.122. The number of amides is 3. The monoisotopic (exact) mass is 450 g/mol. The van der Waals surface area contributed by atoms with Crippen molar-refractivity contribution in [1.29, 1.82) is 0 Å². The van der Waals surface area contributed by atoms with E-state index in [4.69, 9.17) is 9.15 Å². The quantitative estimate of drug-likeness (QED) is 0.677. The smallest absolute Gasteiger partial charge is 0.293 e. The molecule has 9 heteroatoms.